The van der Waals surface area contributed by atoms with Crippen LogP contribution in [-0.2, 0) is 6.54 Å². The van der Waals surface area contributed by atoms with Crippen LogP contribution in [0.3, 0.4) is 0 Å². The summed E-state index contributed by atoms with van der Waals surface area (Å²) in [4.78, 5) is 0. The minimum Gasteiger partial charge on any atom is -0.379 e. The third-order valence-corrected chi connectivity index (χ3v) is 3.28. The lowest BCUT2D eigenvalue weighted by Crippen LogP contribution is -2.01. The molecule has 88 valence electrons. The molecule has 2 aromatic carbocycles. The molecule has 0 aromatic heterocycles. The zero-order valence-electron chi connectivity index (χ0n) is 8.88. The van der Waals surface area contributed by atoms with Crippen molar-refractivity contribution in [3.8, 4) is 0 Å². The molecule has 0 aliphatic carbocycles. The van der Waals surface area contributed by atoms with Crippen LogP contribution in [0.2, 0.25) is 5.02 Å². The Morgan fingerprint density at radius 3 is 2.53 bits per heavy atom. The zero-order valence-corrected chi connectivity index (χ0v) is 11.8. The highest BCUT2D eigenvalue weighted by molar-refractivity contribution is 14.1. The first-order chi connectivity index (χ1) is 8.15. The highest BCUT2D eigenvalue weighted by Gasteiger charge is 2.02. The predicted octanol–water partition coefficient (Wildman–Crippen LogP) is 4.70. The molecular weight excluding hydrogens is 352 g/mol. The second-order valence-corrected chi connectivity index (χ2v) is 5.29. The summed E-state index contributed by atoms with van der Waals surface area (Å²) in [6.07, 6.45) is 0. The summed E-state index contributed by atoms with van der Waals surface area (Å²) in [5, 5.41) is 3.55. The lowest BCUT2D eigenvalue weighted by atomic mass is 10.2. The predicted molar refractivity (Wildman–Crippen MR) is 77.9 cm³/mol. The van der Waals surface area contributed by atoms with Crippen LogP contribution in [0.25, 0.3) is 0 Å². The van der Waals surface area contributed by atoms with E-state index in [1.807, 2.05) is 24.3 Å². The molecule has 0 fully saturated rings. The number of anilines is 1. The molecule has 0 amide bonds. The fourth-order valence-corrected chi connectivity index (χ4v) is 1.96. The van der Waals surface area contributed by atoms with Gasteiger partial charge in [0.05, 0.1) is 5.69 Å². The molecule has 2 aromatic rings. The molecule has 1 N–H and O–H groups in total. The van der Waals surface area contributed by atoms with Crippen LogP contribution in [0.15, 0.2) is 42.5 Å². The van der Waals surface area contributed by atoms with Crippen molar-refractivity contribution >= 4 is 39.9 Å². The van der Waals surface area contributed by atoms with Crippen molar-refractivity contribution in [1.82, 2.24) is 0 Å². The van der Waals surface area contributed by atoms with E-state index in [1.54, 1.807) is 6.07 Å². The van der Waals surface area contributed by atoms with E-state index in [1.165, 1.54) is 15.7 Å². The van der Waals surface area contributed by atoms with Crippen molar-refractivity contribution in [2.24, 2.45) is 0 Å². The van der Waals surface area contributed by atoms with Crippen LogP contribution in [0, 0.1) is 9.39 Å². The molecule has 1 nitrogen and oxygen atoms in total. The molecule has 2 rings (SSSR count). The van der Waals surface area contributed by atoms with E-state index in [2.05, 4.69) is 27.9 Å². The van der Waals surface area contributed by atoms with Crippen molar-refractivity contribution in [2.45, 2.75) is 6.54 Å². The third-order valence-electron chi connectivity index (χ3n) is 2.32. The topological polar surface area (TPSA) is 12.0 Å². The highest BCUT2D eigenvalue weighted by Crippen LogP contribution is 2.20. The fourth-order valence-electron chi connectivity index (χ4n) is 1.43. The molecule has 0 aliphatic rings. The minimum atomic E-state index is -0.292. The van der Waals surface area contributed by atoms with E-state index in [-0.39, 0.29) is 5.82 Å². The van der Waals surface area contributed by atoms with E-state index in [9.17, 15) is 4.39 Å². The molecule has 0 unspecified atom stereocenters. The van der Waals surface area contributed by atoms with E-state index in [0.29, 0.717) is 17.3 Å². The quantitative estimate of drug-likeness (QED) is 0.782. The van der Waals surface area contributed by atoms with E-state index in [4.69, 9.17) is 11.6 Å². The lowest BCUT2D eigenvalue weighted by Gasteiger charge is -2.08. The summed E-state index contributed by atoms with van der Waals surface area (Å²) in [7, 11) is 0. The van der Waals surface area contributed by atoms with Gasteiger partial charge in [-0.3, -0.25) is 0 Å². The van der Waals surface area contributed by atoms with Crippen LogP contribution >= 0.6 is 34.2 Å². The molecular formula is C13H10ClFIN. The molecule has 0 spiro atoms. The first kappa shape index (κ1) is 12.6. The van der Waals surface area contributed by atoms with Crippen molar-refractivity contribution in [3.63, 3.8) is 0 Å². The van der Waals surface area contributed by atoms with Gasteiger partial charge in [-0.1, -0.05) is 23.7 Å². The van der Waals surface area contributed by atoms with Crippen LogP contribution in [0.4, 0.5) is 10.1 Å². The first-order valence-electron chi connectivity index (χ1n) is 5.08. The Bertz CT molecular complexity index is 513. The number of benzene rings is 2. The molecule has 0 saturated carbocycles. The maximum Gasteiger partial charge on any atom is 0.146 e. The molecule has 0 saturated heterocycles. The van der Waals surface area contributed by atoms with Gasteiger partial charge in [0.25, 0.3) is 0 Å². The van der Waals surface area contributed by atoms with Crippen molar-refractivity contribution < 1.29 is 4.39 Å². The van der Waals surface area contributed by atoms with Crippen LogP contribution in [0.1, 0.15) is 5.56 Å². The molecule has 0 aliphatic heterocycles. The molecule has 0 heterocycles. The molecule has 4 heteroatoms. The van der Waals surface area contributed by atoms with E-state index < -0.39 is 0 Å². The Kier molecular flexibility index (Phi) is 4.23. The maximum absolute atomic E-state index is 13.4. The van der Waals surface area contributed by atoms with Gasteiger partial charge in [0.2, 0.25) is 0 Å². The van der Waals surface area contributed by atoms with Gasteiger partial charge in [-0.05, 0) is 58.5 Å². The first-order valence-corrected chi connectivity index (χ1v) is 6.54. The molecule has 0 radical (unpaired) electrons. The summed E-state index contributed by atoms with van der Waals surface area (Å²) in [6.45, 7) is 0.578. The van der Waals surface area contributed by atoms with E-state index >= 15 is 0 Å². The highest BCUT2D eigenvalue weighted by atomic mass is 127. The van der Waals surface area contributed by atoms with Gasteiger partial charge in [0, 0.05) is 15.1 Å². The van der Waals surface area contributed by atoms with Gasteiger partial charge in [-0.25, -0.2) is 4.39 Å². The summed E-state index contributed by atoms with van der Waals surface area (Å²) in [5.74, 6) is -0.292. The monoisotopic (exact) mass is 361 g/mol. The Morgan fingerprint density at radius 1 is 1.12 bits per heavy atom. The van der Waals surface area contributed by atoms with Crippen LogP contribution in [0.5, 0.6) is 0 Å². The molecule has 0 atom stereocenters. The Morgan fingerprint density at radius 2 is 1.82 bits per heavy atom. The van der Waals surface area contributed by atoms with Gasteiger partial charge in [0.15, 0.2) is 0 Å². The van der Waals surface area contributed by atoms with Crippen molar-refractivity contribution in [3.05, 3.63) is 62.4 Å². The Hall–Kier alpha value is -0.810. The average Bonchev–Trinajstić information content (AvgIpc) is 2.32. The van der Waals surface area contributed by atoms with E-state index in [0.717, 1.165) is 5.56 Å². The van der Waals surface area contributed by atoms with Crippen molar-refractivity contribution in [1.29, 1.82) is 0 Å². The number of nitrogens with one attached hydrogen (secondary N) is 1. The largest absolute Gasteiger partial charge is 0.379 e. The Balaban J connectivity index is 2.07. The Labute approximate surface area is 118 Å². The summed E-state index contributed by atoms with van der Waals surface area (Å²) < 4.78 is 14.6. The third kappa shape index (κ3) is 3.57. The maximum atomic E-state index is 13.4. The lowest BCUT2D eigenvalue weighted by molar-refractivity contribution is 0.630. The number of hydrogen-bond donors (Lipinski definition) is 1. The van der Waals surface area contributed by atoms with Crippen molar-refractivity contribution in [2.75, 3.05) is 5.32 Å². The summed E-state index contributed by atoms with van der Waals surface area (Å²) in [5.41, 5.74) is 1.53. The number of rotatable bonds is 3. The standard InChI is InChI=1S/C13H10ClFIN/c14-10-3-6-12(15)13(7-10)17-8-9-1-4-11(16)5-2-9/h1-7,17H,8H2. The minimum absolute atomic E-state index is 0.292. The average molecular weight is 362 g/mol. The smallest absolute Gasteiger partial charge is 0.146 e. The number of hydrogen-bond acceptors (Lipinski definition) is 1. The summed E-state index contributed by atoms with van der Waals surface area (Å²) >= 11 is 8.06. The van der Waals surface area contributed by atoms with Crippen LogP contribution < -0.4 is 5.32 Å². The molecule has 0 bridgehead atoms. The zero-order chi connectivity index (χ0) is 12.3. The van der Waals surface area contributed by atoms with Crippen LogP contribution in [-0.4, -0.2) is 0 Å². The second kappa shape index (κ2) is 5.69. The second-order valence-electron chi connectivity index (χ2n) is 3.60. The van der Waals surface area contributed by atoms with Gasteiger partial charge < -0.3 is 5.32 Å². The molecule has 17 heavy (non-hydrogen) atoms. The van der Waals surface area contributed by atoms with Gasteiger partial charge in [0.1, 0.15) is 5.82 Å². The van der Waals surface area contributed by atoms with Gasteiger partial charge in [-0.15, -0.1) is 0 Å². The van der Waals surface area contributed by atoms with Gasteiger partial charge >= 0.3 is 0 Å². The SMILES string of the molecule is Fc1ccc(Cl)cc1NCc1ccc(I)cc1. The summed E-state index contributed by atoms with van der Waals surface area (Å²) in [6, 6.07) is 12.5. The number of halogens is 3. The van der Waals surface area contributed by atoms with Gasteiger partial charge in [-0.2, -0.15) is 0 Å². The fraction of sp³-hybridized carbons (Fsp3) is 0.0769. The normalized spacial score (nSPS) is 10.3.